The fraction of sp³-hybridized carbons (Fsp3) is 0.923. The number of nitrogens with one attached hydrogen (secondary N) is 2. The van der Waals surface area contributed by atoms with Gasteiger partial charge in [0.1, 0.15) is 6.04 Å². The average molecular weight is 372 g/mol. The first-order valence-corrected chi connectivity index (χ1v) is 9.34. The lowest BCUT2D eigenvalue weighted by Crippen LogP contribution is -2.58. The molecular weight excluding hydrogens is 349 g/mol. The molecule has 0 spiro atoms. The minimum absolute atomic E-state index is 0.0512. The average Bonchev–Trinajstić information content (AvgIpc) is 3.26. The van der Waals surface area contributed by atoms with Crippen molar-refractivity contribution in [1.82, 2.24) is 19.2 Å². The van der Waals surface area contributed by atoms with E-state index in [0.717, 1.165) is 0 Å². The molecule has 24 heavy (non-hydrogen) atoms. The molecule has 1 heterocycles. The molecule has 2 N–H and O–H groups in total. The van der Waals surface area contributed by atoms with Gasteiger partial charge in [-0.25, -0.2) is 4.79 Å². The van der Waals surface area contributed by atoms with E-state index in [1.165, 1.54) is 9.21 Å². The van der Waals surface area contributed by atoms with Crippen LogP contribution in [0.5, 0.6) is 0 Å². The lowest BCUT2D eigenvalue weighted by Gasteiger charge is -2.35. The molecule has 1 atom stereocenters. The van der Waals surface area contributed by atoms with Crippen LogP contribution in [0.4, 0.5) is 18.0 Å². The number of halogens is 3. The van der Waals surface area contributed by atoms with Gasteiger partial charge in [0.2, 0.25) is 0 Å². The molecule has 2 rings (SSSR count). The van der Waals surface area contributed by atoms with E-state index in [2.05, 4.69) is 10.0 Å². The van der Waals surface area contributed by atoms with E-state index in [0.29, 0.717) is 12.8 Å². The molecule has 1 saturated heterocycles. The van der Waals surface area contributed by atoms with E-state index in [1.54, 1.807) is 13.8 Å². The highest BCUT2D eigenvalue weighted by Crippen LogP contribution is 2.40. The molecule has 0 radical (unpaired) electrons. The number of alkyl halides is 3. The molecule has 1 aliphatic heterocycles. The number of hydrogen-bond donors (Lipinski definition) is 2. The molecule has 0 aromatic rings. The molecule has 1 saturated carbocycles. The van der Waals surface area contributed by atoms with E-state index < -0.39 is 34.4 Å². The molecule has 1 unspecified atom stereocenters. The monoisotopic (exact) mass is 372 g/mol. The first-order chi connectivity index (χ1) is 11.0. The summed E-state index contributed by atoms with van der Waals surface area (Å²) in [7, 11) is -3.64. The van der Waals surface area contributed by atoms with Gasteiger partial charge >= 0.3 is 12.2 Å². The minimum Gasteiger partial charge on any atom is -0.326 e. The van der Waals surface area contributed by atoms with E-state index >= 15 is 0 Å². The lowest BCUT2D eigenvalue weighted by atomic mass is 10.2. The van der Waals surface area contributed by atoms with E-state index in [-0.39, 0.29) is 32.2 Å². The van der Waals surface area contributed by atoms with Crippen LogP contribution < -0.4 is 10.0 Å². The van der Waals surface area contributed by atoms with Crippen molar-refractivity contribution in [2.24, 2.45) is 5.92 Å². The molecular formula is C13H23F3N4O3S. The second-order valence-electron chi connectivity index (χ2n) is 6.47. The zero-order valence-corrected chi connectivity index (χ0v) is 14.5. The molecule has 2 fully saturated rings. The Morgan fingerprint density at radius 2 is 1.67 bits per heavy atom. The first kappa shape index (κ1) is 19.3. The standard InChI is InChI=1S/C13H23F3N4O3S/c1-9(2)18-24(22,23)20-7-5-19(6-8-20)12(21)17-11(10-3-4-10)13(14,15)16/h9-11,18H,3-8H2,1-2H3,(H,17,21). The predicted octanol–water partition coefficient (Wildman–Crippen LogP) is 0.897. The van der Waals surface area contributed by atoms with Crippen LogP contribution in [-0.4, -0.2) is 68.1 Å². The molecule has 2 amide bonds. The Kier molecular flexibility index (Phi) is 5.65. The maximum Gasteiger partial charge on any atom is 0.408 e. The highest BCUT2D eigenvalue weighted by atomic mass is 32.2. The quantitative estimate of drug-likeness (QED) is 0.752. The number of rotatable bonds is 5. The maximum absolute atomic E-state index is 12.9. The van der Waals surface area contributed by atoms with Crippen LogP contribution in [0.25, 0.3) is 0 Å². The number of carbonyl (C=O) groups excluding carboxylic acids is 1. The van der Waals surface area contributed by atoms with Gasteiger partial charge in [0.05, 0.1) is 0 Å². The molecule has 140 valence electrons. The second kappa shape index (κ2) is 7.04. The van der Waals surface area contributed by atoms with E-state index in [1.807, 2.05) is 0 Å². The smallest absolute Gasteiger partial charge is 0.326 e. The number of nitrogens with zero attached hydrogens (tertiary/aromatic N) is 2. The largest absolute Gasteiger partial charge is 0.408 e. The number of urea groups is 1. The van der Waals surface area contributed by atoms with Gasteiger partial charge in [0.15, 0.2) is 0 Å². The Labute approximate surface area is 139 Å². The van der Waals surface area contributed by atoms with E-state index in [9.17, 15) is 26.4 Å². The Balaban J connectivity index is 1.88. The van der Waals surface area contributed by atoms with Crippen LogP contribution in [0.1, 0.15) is 26.7 Å². The van der Waals surface area contributed by atoms with Crippen LogP contribution in [0.3, 0.4) is 0 Å². The Bertz CT molecular complexity index is 555. The zero-order valence-electron chi connectivity index (χ0n) is 13.6. The van der Waals surface area contributed by atoms with Crippen molar-refractivity contribution < 1.29 is 26.4 Å². The third kappa shape index (κ3) is 4.96. The van der Waals surface area contributed by atoms with Crippen LogP contribution in [0.15, 0.2) is 0 Å². The Morgan fingerprint density at radius 1 is 1.12 bits per heavy atom. The van der Waals surface area contributed by atoms with Gasteiger partial charge in [-0.15, -0.1) is 0 Å². The highest BCUT2D eigenvalue weighted by molar-refractivity contribution is 7.87. The van der Waals surface area contributed by atoms with Gasteiger partial charge in [-0.1, -0.05) is 0 Å². The van der Waals surface area contributed by atoms with Gasteiger partial charge in [0, 0.05) is 32.2 Å². The maximum atomic E-state index is 12.9. The summed E-state index contributed by atoms with van der Waals surface area (Å²) in [5, 5.41) is 2.05. The number of hydrogen-bond acceptors (Lipinski definition) is 3. The molecule has 0 bridgehead atoms. The van der Waals surface area contributed by atoms with Crippen molar-refractivity contribution in [3.63, 3.8) is 0 Å². The highest BCUT2D eigenvalue weighted by Gasteiger charge is 2.50. The second-order valence-corrected chi connectivity index (χ2v) is 8.17. The number of amides is 2. The molecule has 7 nitrogen and oxygen atoms in total. The summed E-state index contributed by atoms with van der Waals surface area (Å²) in [5.74, 6) is -0.550. The third-order valence-electron chi connectivity index (χ3n) is 3.98. The van der Waals surface area contributed by atoms with Crippen LogP contribution >= 0.6 is 0 Å². The van der Waals surface area contributed by atoms with Crippen LogP contribution in [-0.2, 0) is 10.2 Å². The molecule has 2 aliphatic rings. The number of carbonyl (C=O) groups is 1. The number of piperazine rings is 1. The van der Waals surface area contributed by atoms with Crippen molar-refractivity contribution >= 4 is 16.2 Å². The van der Waals surface area contributed by atoms with Crippen molar-refractivity contribution in [3.8, 4) is 0 Å². The topological polar surface area (TPSA) is 81.8 Å². The summed E-state index contributed by atoms with van der Waals surface area (Å²) in [6.07, 6.45) is -3.56. The van der Waals surface area contributed by atoms with Gasteiger partial charge in [-0.3, -0.25) is 0 Å². The molecule has 11 heteroatoms. The third-order valence-corrected chi connectivity index (χ3v) is 5.79. The first-order valence-electron chi connectivity index (χ1n) is 7.90. The van der Waals surface area contributed by atoms with Gasteiger partial charge in [0.25, 0.3) is 10.2 Å². The summed E-state index contributed by atoms with van der Waals surface area (Å²) in [6.45, 7) is 3.60. The fourth-order valence-electron chi connectivity index (χ4n) is 2.62. The van der Waals surface area contributed by atoms with Crippen LogP contribution in [0, 0.1) is 5.92 Å². The normalized spacial score (nSPS) is 21.8. The molecule has 0 aromatic carbocycles. The summed E-state index contributed by atoms with van der Waals surface area (Å²) < 4.78 is 66.5. The predicted molar refractivity (Wildman–Crippen MR) is 81.4 cm³/mol. The summed E-state index contributed by atoms with van der Waals surface area (Å²) in [6, 6.07) is -2.88. The van der Waals surface area contributed by atoms with Gasteiger partial charge < -0.3 is 10.2 Å². The molecule has 0 aromatic heterocycles. The van der Waals surface area contributed by atoms with Crippen molar-refractivity contribution in [2.75, 3.05) is 26.2 Å². The SMILES string of the molecule is CC(C)NS(=O)(=O)N1CCN(C(=O)NC(C2CC2)C(F)(F)F)CC1. The van der Waals surface area contributed by atoms with E-state index in [4.69, 9.17) is 0 Å². The van der Waals surface area contributed by atoms with Gasteiger partial charge in [-0.05, 0) is 32.6 Å². The summed E-state index contributed by atoms with van der Waals surface area (Å²) in [4.78, 5) is 13.3. The summed E-state index contributed by atoms with van der Waals surface area (Å²) in [5.41, 5.74) is 0. The zero-order chi connectivity index (χ0) is 18.1. The molecule has 1 aliphatic carbocycles. The fourth-order valence-corrected chi connectivity index (χ4v) is 4.01. The summed E-state index contributed by atoms with van der Waals surface area (Å²) >= 11 is 0. The van der Waals surface area contributed by atoms with Crippen LogP contribution in [0.2, 0.25) is 0 Å². The Morgan fingerprint density at radius 3 is 2.08 bits per heavy atom. The lowest BCUT2D eigenvalue weighted by molar-refractivity contribution is -0.158. The van der Waals surface area contributed by atoms with Crippen molar-refractivity contribution in [2.45, 2.75) is 44.9 Å². The Hall–Kier alpha value is -1.07. The minimum atomic E-state index is -4.47. The van der Waals surface area contributed by atoms with Crippen molar-refractivity contribution in [1.29, 1.82) is 0 Å². The van der Waals surface area contributed by atoms with Gasteiger partial charge in [-0.2, -0.15) is 30.6 Å². The van der Waals surface area contributed by atoms with Crippen molar-refractivity contribution in [3.05, 3.63) is 0 Å².